The number of nitrogens with one attached hydrogen (secondary N) is 1. The first kappa shape index (κ1) is 15.9. The lowest BCUT2D eigenvalue weighted by molar-refractivity contribution is -0.122. The van der Waals surface area contributed by atoms with E-state index in [1.807, 2.05) is 13.0 Å². The lowest BCUT2D eigenvalue weighted by Crippen LogP contribution is -2.30. The zero-order valence-electron chi connectivity index (χ0n) is 12.3. The maximum absolute atomic E-state index is 12.1. The summed E-state index contributed by atoms with van der Waals surface area (Å²) in [6, 6.07) is 13.9. The number of halogens is 1. The highest BCUT2D eigenvalue weighted by Gasteiger charge is 2.15. The maximum Gasteiger partial charge on any atom is 0.265 e. The Morgan fingerprint density at radius 2 is 1.95 bits per heavy atom. The summed E-state index contributed by atoms with van der Waals surface area (Å²) in [5.41, 5.74) is 2.05. The topological polar surface area (TPSA) is 62.1 Å². The highest BCUT2D eigenvalue weighted by molar-refractivity contribution is 6.31. The molecule has 0 fully saturated rings. The molecular weight excluding hydrogens is 300 g/mol. The van der Waals surface area contributed by atoms with E-state index in [0.717, 1.165) is 5.56 Å². The average Bonchev–Trinajstić information content (AvgIpc) is 2.51. The van der Waals surface area contributed by atoms with E-state index in [2.05, 4.69) is 5.32 Å². The van der Waals surface area contributed by atoms with Crippen molar-refractivity contribution in [3.05, 3.63) is 58.6 Å². The van der Waals surface area contributed by atoms with Gasteiger partial charge >= 0.3 is 0 Å². The van der Waals surface area contributed by atoms with E-state index < -0.39 is 6.10 Å². The molecule has 0 saturated heterocycles. The summed E-state index contributed by atoms with van der Waals surface area (Å²) in [6.07, 6.45) is -0.656. The van der Waals surface area contributed by atoms with Crippen molar-refractivity contribution in [1.82, 2.24) is 0 Å². The molecule has 2 aromatic carbocycles. The Morgan fingerprint density at radius 3 is 2.55 bits per heavy atom. The molecule has 0 radical (unpaired) electrons. The number of benzene rings is 2. The Labute approximate surface area is 134 Å². The van der Waals surface area contributed by atoms with E-state index in [9.17, 15) is 4.79 Å². The van der Waals surface area contributed by atoms with Crippen molar-refractivity contribution in [2.45, 2.75) is 20.0 Å². The van der Waals surface area contributed by atoms with Crippen LogP contribution in [0.5, 0.6) is 5.75 Å². The first-order chi connectivity index (χ1) is 10.5. The predicted molar refractivity (Wildman–Crippen MR) is 86.1 cm³/mol. The summed E-state index contributed by atoms with van der Waals surface area (Å²) in [6.45, 7) is 3.54. The van der Waals surface area contributed by atoms with Gasteiger partial charge in [0, 0.05) is 10.7 Å². The zero-order valence-corrected chi connectivity index (χ0v) is 13.0. The Morgan fingerprint density at radius 1 is 1.27 bits per heavy atom. The third kappa shape index (κ3) is 4.00. The van der Waals surface area contributed by atoms with Crippen molar-refractivity contribution >= 4 is 23.2 Å². The largest absolute Gasteiger partial charge is 0.481 e. The third-order valence-electron chi connectivity index (χ3n) is 3.09. The molecule has 2 aromatic rings. The van der Waals surface area contributed by atoms with E-state index in [-0.39, 0.29) is 5.91 Å². The fourth-order valence-corrected chi connectivity index (χ4v) is 1.94. The van der Waals surface area contributed by atoms with Crippen LogP contribution in [0.4, 0.5) is 5.69 Å². The Kier molecular flexibility index (Phi) is 5.03. The molecule has 0 bridgehead atoms. The summed E-state index contributed by atoms with van der Waals surface area (Å²) in [4.78, 5) is 12.1. The monoisotopic (exact) mass is 314 g/mol. The van der Waals surface area contributed by atoms with E-state index in [4.69, 9.17) is 21.6 Å². The number of nitriles is 1. The summed E-state index contributed by atoms with van der Waals surface area (Å²) in [5, 5.41) is 12.1. The van der Waals surface area contributed by atoms with Gasteiger partial charge in [0.15, 0.2) is 6.10 Å². The van der Waals surface area contributed by atoms with Gasteiger partial charge in [-0.15, -0.1) is 0 Å². The summed E-state index contributed by atoms with van der Waals surface area (Å²) in [7, 11) is 0. The molecule has 0 aliphatic heterocycles. The van der Waals surface area contributed by atoms with Gasteiger partial charge in [0.25, 0.3) is 5.91 Å². The quantitative estimate of drug-likeness (QED) is 0.930. The van der Waals surface area contributed by atoms with Crippen LogP contribution < -0.4 is 10.1 Å². The Hall–Kier alpha value is -2.51. The van der Waals surface area contributed by atoms with Gasteiger partial charge in [-0.3, -0.25) is 4.79 Å². The number of nitrogens with zero attached hydrogens (tertiary/aromatic N) is 1. The Balaban J connectivity index is 1.99. The first-order valence-corrected chi connectivity index (χ1v) is 7.11. The van der Waals surface area contributed by atoms with E-state index >= 15 is 0 Å². The molecule has 0 aromatic heterocycles. The SMILES string of the molecule is Cc1cc(O[C@H](C)C(=O)Nc2ccc(C#N)cc2)ccc1Cl. The van der Waals surface area contributed by atoms with Crippen molar-refractivity contribution in [3.63, 3.8) is 0 Å². The number of rotatable bonds is 4. The number of carbonyl (C=O) groups excluding carboxylic acids is 1. The molecule has 4 nitrogen and oxygen atoms in total. The van der Waals surface area contributed by atoms with Crippen molar-refractivity contribution in [2.24, 2.45) is 0 Å². The van der Waals surface area contributed by atoms with Crippen LogP contribution >= 0.6 is 11.6 Å². The lowest BCUT2D eigenvalue weighted by atomic mass is 10.2. The molecule has 112 valence electrons. The molecule has 0 aliphatic rings. The van der Waals surface area contributed by atoms with Gasteiger partial charge in [-0.25, -0.2) is 0 Å². The van der Waals surface area contributed by atoms with Crippen LogP contribution in [0.1, 0.15) is 18.1 Å². The second-order valence-electron chi connectivity index (χ2n) is 4.85. The van der Waals surface area contributed by atoms with Crippen molar-refractivity contribution in [2.75, 3.05) is 5.32 Å². The minimum Gasteiger partial charge on any atom is -0.481 e. The minimum atomic E-state index is -0.656. The number of hydrogen-bond acceptors (Lipinski definition) is 3. The minimum absolute atomic E-state index is 0.266. The first-order valence-electron chi connectivity index (χ1n) is 6.73. The van der Waals surface area contributed by atoms with Crippen LogP contribution in [0, 0.1) is 18.3 Å². The lowest BCUT2D eigenvalue weighted by Gasteiger charge is -2.15. The highest BCUT2D eigenvalue weighted by Crippen LogP contribution is 2.22. The van der Waals surface area contributed by atoms with Crippen molar-refractivity contribution in [3.8, 4) is 11.8 Å². The van der Waals surface area contributed by atoms with Crippen LogP contribution in [0.2, 0.25) is 5.02 Å². The van der Waals surface area contributed by atoms with Gasteiger partial charge in [-0.1, -0.05) is 11.6 Å². The molecule has 1 N–H and O–H groups in total. The molecule has 5 heteroatoms. The summed E-state index contributed by atoms with van der Waals surface area (Å²) < 4.78 is 5.61. The zero-order chi connectivity index (χ0) is 16.1. The van der Waals surface area contributed by atoms with Gasteiger partial charge in [-0.2, -0.15) is 5.26 Å². The molecule has 1 atom stereocenters. The second kappa shape index (κ2) is 6.97. The molecule has 0 unspecified atom stereocenters. The van der Waals surface area contributed by atoms with Crippen molar-refractivity contribution < 1.29 is 9.53 Å². The highest BCUT2D eigenvalue weighted by atomic mass is 35.5. The molecule has 0 spiro atoms. The van der Waals surface area contributed by atoms with Crippen LogP contribution in [-0.2, 0) is 4.79 Å². The van der Waals surface area contributed by atoms with Gasteiger partial charge in [0.05, 0.1) is 11.6 Å². The summed E-state index contributed by atoms with van der Waals surface area (Å²) in [5.74, 6) is 0.321. The predicted octanol–water partition coefficient (Wildman–Crippen LogP) is 3.93. The second-order valence-corrected chi connectivity index (χ2v) is 5.26. The number of amides is 1. The maximum atomic E-state index is 12.1. The molecular formula is C17H15ClN2O2. The van der Waals surface area contributed by atoms with Crippen LogP contribution in [-0.4, -0.2) is 12.0 Å². The molecule has 1 amide bonds. The van der Waals surface area contributed by atoms with Gasteiger partial charge in [0.2, 0.25) is 0 Å². The van der Waals surface area contributed by atoms with Gasteiger partial charge < -0.3 is 10.1 Å². The molecule has 0 aliphatic carbocycles. The molecule has 0 saturated carbocycles. The van der Waals surface area contributed by atoms with E-state index in [1.54, 1.807) is 49.4 Å². The number of anilines is 1. The standard InChI is InChI=1S/C17H15ClN2O2/c1-11-9-15(7-8-16(11)18)22-12(2)17(21)20-14-5-3-13(10-19)4-6-14/h3-9,12H,1-2H3,(H,20,21)/t12-/m1/s1. The number of hydrogen-bond donors (Lipinski definition) is 1. The number of aryl methyl sites for hydroxylation is 1. The summed E-state index contributed by atoms with van der Waals surface area (Å²) >= 11 is 5.95. The normalized spacial score (nSPS) is 11.4. The molecule has 2 rings (SSSR count). The van der Waals surface area contributed by atoms with Gasteiger partial charge in [0.1, 0.15) is 5.75 Å². The number of ether oxygens (including phenoxy) is 1. The third-order valence-corrected chi connectivity index (χ3v) is 3.52. The van der Waals surface area contributed by atoms with Crippen LogP contribution in [0.3, 0.4) is 0 Å². The van der Waals surface area contributed by atoms with Crippen LogP contribution in [0.25, 0.3) is 0 Å². The fraction of sp³-hybridized carbons (Fsp3) is 0.176. The average molecular weight is 315 g/mol. The van der Waals surface area contributed by atoms with Crippen molar-refractivity contribution in [1.29, 1.82) is 5.26 Å². The Bertz CT molecular complexity index is 720. The van der Waals surface area contributed by atoms with E-state index in [1.165, 1.54) is 0 Å². The smallest absolute Gasteiger partial charge is 0.265 e. The molecule has 22 heavy (non-hydrogen) atoms. The molecule has 0 heterocycles. The fourth-order valence-electron chi connectivity index (χ4n) is 1.82. The van der Waals surface area contributed by atoms with E-state index in [0.29, 0.717) is 22.0 Å². The van der Waals surface area contributed by atoms with Crippen LogP contribution in [0.15, 0.2) is 42.5 Å². The number of carbonyl (C=O) groups is 1. The van der Waals surface area contributed by atoms with Gasteiger partial charge in [-0.05, 0) is 61.9 Å².